The summed E-state index contributed by atoms with van der Waals surface area (Å²) in [4.78, 5) is 2.37. The Kier molecular flexibility index (Phi) is 5.33. The number of piperazine rings is 1. The molecule has 0 spiro atoms. The van der Waals surface area contributed by atoms with Gasteiger partial charge in [-0.25, -0.2) is 4.39 Å². The summed E-state index contributed by atoms with van der Waals surface area (Å²) in [5.41, 5.74) is 0.689. The van der Waals surface area contributed by atoms with Crippen molar-refractivity contribution in [3.8, 4) is 5.75 Å². The molecule has 2 heterocycles. The highest BCUT2D eigenvalue weighted by atomic mass is 79.9. The third kappa shape index (κ3) is 3.30. The summed E-state index contributed by atoms with van der Waals surface area (Å²) >= 11 is 3.51. The van der Waals surface area contributed by atoms with E-state index >= 15 is 0 Å². The molecular weight excluding hydrogens is 351 g/mol. The molecule has 1 aromatic carbocycles. The second-order valence-corrected chi connectivity index (χ2v) is 6.83. The number of nitrogens with one attached hydrogen (secondary N) is 1. The highest BCUT2D eigenvalue weighted by Gasteiger charge is 2.34. The summed E-state index contributed by atoms with van der Waals surface area (Å²) in [6, 6.07) is 3.02. The van der Waals surface area contributed by atoms with Gasteiger partial charge in [0.15, 0.2) is 11.6 Å². The van der Waals surface area contributed by atoms with Gasteiger partial charge < -0.3 is 15.2 Å². The third-order valence-electron chi connectivity index (χ3n) is 4.67. The summed E-state index contributed by atoms with van der Waals surface area (Å²) in [6.45, 7) is 5.14. The van der Waals surface area contributed by atoms with E-state index in [4.69, 9.17) is 4.74 Å². The molecule has 1 aromatic rings. The lowest BCUT2D eigenvalue weighted by Crippen LogP contribution is -2.47. The summed E-state index contributed by atoms with van der Waals surface area (Å²) in [6.07, 6.45) is 1.88. The quantitative estimate of drug-likeness (QED) is 0.855. The van der Waals surface area contributed by atoms with Crippen molar-refractivity contribution in [3.05, 3.63) is 28.0 Å². The number of aromatic hydroxyl groups is 1. The molecule has 6 heteroatoms. The lowest BCUT2D eigenvalue weighted by Gasteiger charge is -2.41. The lowest BCUT2D eigenvalue weighted by atomic mass is 9.85. The van der Waals surface area contributed by atoms with Crippen molar-refractivity contribution in [2.45, 2.75) is 18.9 Å². The van der Waals surface area contributed by atoms with E-state index in [0.29, 0.717) is 11.5 Å². The monoisotopic (exact) mass is 372 g/mol. The molecule has 2 aliphatic rings. The highest BCUT2D eigenvalue weighted by Crippen LogP contribution is 2.43. The zero-order valence-electron chi connectivity index (χ0n) is 12.5. The van der Waals surface area contributed by atoms with Crippen LogP contribution in [0.3, 0.4) is 0 Å². The van der Waals surface area contributed by atoms with Gasteiger partial charge in [-0.15, -0.1) is 0 Å². The average molecular weight is 373 g/mol. The number of nitrogens with zero attached hydrogens (tertiary/aromatic N) is 1. The van der Waals surface area contributed by atoms with Gasteiger partial charge in [-0.05, 0) is 30.9 Å². The molecule has 2 fully saturated rings. The Balaban J connectivity index is 1.98. The first-order valence-corrected chi connectivity index (χ1v) is 8.67. The standard InChI is InChI=1S/C16H22BrFN2O2/c17-12-1-2-13(18)16(21)14(12)15(11-3-9-22-10-4-11)20-7-5-19-6-8-20/h1-2,11,15,19,21H,3-10H2/t15-/m0/s1. The molecule has 0 radical (unpaired) electrons. The van der Waals surface area contributed by atoms with Gasteiger partial charge in [0.05, 0.1) is 0 Å². The zero-order chi connectivity index (χ0) is 15.5. The van der Waals surface area contributed by atoms with Gasteiger partial charge in [-0.1, -0.05) is 15.9 Å². The first kappa shape index (κ1) is 16.2. The molecule has 0 aliphatic carbocycles. The second kappa shape index (κ2) is 7.25. The normalized spacial score (nSPS) is 22.6. The molecule has 0 amide bonds. The Labute approximate surface area is 138 Å². The van der Waals surface area contributed by atoms with Gasteiger partial charge in [0.1, 0.15) is 0 Å². The fraction of sp³-hybridized carbons (Fsp3) is 0.625. The van der Waals surface area contributed by atoms with E-state index in [-0.39, 0.29) is 11.8 Å². The van der Waals surface area contributed by atoms with Crippen LogP contribution in [0.15, 0.2) is 16.6 Å². The van der Waals surface area contributed by atoms with Gasteiger partial charge in [-0.2, -0.15) is 0 Å². The van der Waals surface area contributed by atoms with Crippen molar-refractivity contribution in [1.29, 1.82) is 0 Å². The van der Waals surface area contributed by atoms with Crippen molar-refractivity contribution < 1.29 is 14.2 Å². The van der Waals surface area contributed by atoms with Crippen LogP contribution >= 0.6 is 15.9 Å². The number of hydrogen-bond acceptors (Lipinski definition) is 4. The molecule has 22 heavy (non-hydrogen) atoms. The van der Waals surface area contributed by atoms with Crippen LogP contribution in [0.25, 0.3) is 0 Å². The van der Waals surface area contributed by atoms with Crippen LogP contribution in [0.5, 0.6) is 5.75 Å². The fourth-order valence-corrected chi connectivity index (χ4v) is 4.10. The molecule has 0 bridgehead atoms. The van der Waals surface area contributed by atoms with E-state index in [9.17, 15) is 9.50 Å². The minimum Gasteiger partial charge on any atom is -0.505 e. The van der Waals surface area contributed by atoms with Crippen molar-refractivity contribution in [3.63, 3.8) is 0 Å². The Bertz CT molecular complexity index is 499. The first-order chi connectivity index (χ1) is 10.7. The number of benzene rings is 1. The molecule has 3 rings (SSSR count). The predicted octanol–water partition coefficient (Wildman–Crippen LogP) is 2.67. The van der Waals surface area contributed by atoms with Crippen LogP contribution in [0.1, 0.15) is 24.4 Å². The van der Waals surface area contributed by atoms with Crippen LogP contribution in [0, 0.1) is 11.7 Å². The smallest absolute Gasteiger partial charge is 0.165 e. The summed E-state index contributed by atoms with van der Waals surface area (Å²) in [5.74, 6) is -0.398. The molecule has 1 atom stereocenters. The lowest BCUT2D eigenvalue weighted by molar-refractivity contribution is 0.0203. The van der Waals surface area contributed by atoms with Crippen molar-refractivity contribution in [1.82, 2.24) is 10.2 Å². The molecule has 122 valence electrons. The van der Waals surface area contributed by atoms with Gasteiger partial charge >= 0.3 is 0 Å². The minimum absolute atomic E-state index is 0.0241. The van der Waals surface area contributed by atoms with E-state index in [2.05, 4.69) is 26.1 Å². The average Bonchev–Trinajstić information content (AvgIpc) is 2.57. The molecule has 0 saturated carbocycles. The summed E-state index contributed by atoms with van der Waals surface area (Å²) in [7, 11) is 0. The zero-order valence-corrected chi connectivity index (χ0v) is 14.1. The van der Waals surface area contributed by atoms with Gasteiger partial charge in [0.2, 0.25) is 0 Å². The SMILES string of the molecule is Oc1c(F)ccc(Br)c1[C@H](C1CCOCC1)N1CCNCC1. The second-order valence-electron chi connectivity index (χ2n) is 5.97. The summed E-state index contributed by atoms with van der Waals surface area (Å²) in [5, 5.41) is 13.7. The summed E-state index contributed by atoms with van der Waals surface area (Å²) < 4.78 is 20.2. The molecular formula is C16H22BrFN2O2. The van der Waals surface area contributed by atoms with Crippen molar-refractivity contribution >= 4 is 15.9 Å². The van der Waals surface area contributed by atoms with Crippen molar-refractivity contribution in [2.75, 3.05) is 39.4 Å². The number of halogens is 2. The maximum absolute atomic E-state index is 13.9. The number of phenolic OH excluding ortho intramolecular Hbond substituents is 1. The minimum atomic E-state index is -0.551. The van der Waals surface area contributed by atoms with Gasteiger partial charge in [0.25, 0.3) is 0 Å². The Morgan fingerprint density at radius 2 is 1.95 bits per heavy atom. The third-order valence-corrected chi connectivity index (χ3v) is 5.36. The van der Waals surface area contributed by atoms with Crippen LogP contribution in [0.4, 0.5) is 4.39 Å². The molecule has 0 unspecified atom stereocenters. The van der Waals surface area contributed by atoms with Gasteiger partial charge in [0, 0.05) is 55.5 Å². The van der Waals surface area contributed by atoms with Crippen LogP contribution in [0.2, 0.25) is 0 Å². The molecule has 4 nitrogen and oxygen atoms in total. The maximum Gasteiger partial charge on any atom is 0.165 e. The van der Waals surface area contributed by atoms with E-state index in [1.54, 1.807) is 6.07 Å². The number of hydrogen-bond donors (Lipinski definition) is 2. The van der Waals surface area contributed by atoms with E-state index in [1.807, 2.05) is 0 Å². The fourth-order valence-electron chi connectivity index (χ4n) is 3.55. The van der Waals surface area contributed by atoms with Crippen LogP contribution in [-0.2, 0) is 4.74 Å². The van der Waals surface area contributed by atoms with E-state index < -0.39 is 5.82 Å². The van der Waals surface area contributed by atoms with Gasteiger partial charge in [-0.3, -0.25) is 4.90 Å². The van der Waals surface area contributed by atoms with Crippen molar-refractivity contribution in [2.24, 2.45) is 5.92 Å². The number of phenols is 1. The van der Waals surface area contributed by atoms with E-state index in [0.717, 1.165) is 56.7 Å². The molecule has 2 saturated heterocycles. The molecule has 0 aromatic heterocycles. The maximum atomic E-state index is 13.9. The van der Waals surface area contributed by atoms with E-state index in [1.165, 1.54) is 6.07 Å². The first-order valence-electron chi connectivity index (χ1n) is 7.88. The Hall–Kier alpha value is -0.690. The Morgan fingerprint density at radius 1 is 1.27 bits per heavy atom. The van der Waals surface area contributed by atoms with Crippen LogP contribution in [-0.4, -0.2) is 49.4 Å². The number of ether oxygens (including phenoxy) is 1. The predicted molar refractivity (Wildman–Crippen MR) is 86.5 cm³/mol. The topological polar surface area (TPSA) is 44.7 Å². The Morgan fingerprint density at radius 3 is 2.64 bits per heavy atom. The van der Waals surface area contributed by atoms with Crippen LogP contribution < -0.4 is 5.32 Å². The largest absolute Gasteiger partial charge is 0.505 e. The number of rotatable bonds is 3. The molecule has 2 N–H and O–H groups in total. The highest BCUT2D eigenvalue weighted by molar-refractivity contribution is 9.10. The molecule has 2 aliphatic heterocycles.